The molecule has 1 saturated carbocycles. The summed E-state index contributed by atoms with van der Waals surface area (Å²) in [5, 5.41) is 2.91. The average molecular weight is 211 g/mol. The maximum atomic E-state index is 11.3. The number of nitrogens with one attached hydrogen (secondary N) is 1. The molecule has 4 nitrogen and oxygen atoms in total. The minimum absolute atomic E-state index is 0.117. The van der Waals surface area contributed by atoms with Crippen LogP contribution in [-0.2, 0) is 4.79 Å². The van der Waals surface area contributed by atoms with Crippen LogP contribution in [0.15, 0.2) is 0 Å². The summed E-state index contributed by atoms with van der Waals surface area (Å²) in [5.41, 5.74) is 6.03. The van der Waals surface area contributed by atoms with Gasteiger partial charge in [0.2, 0.25) is 5.91 Å². The van der Waals surface area contributed by atoms with E-state index in [4.69, 9.17) is 5.73 Å². The predicted octanol–water partition coefficient (Wildman–Crippen LogP) is -0.0643. The molecule has 0 aromatic heterocycles. The Bertz CT molecular complexity index is 252. The van der Waals surface area contributed by atoms with Crippen LogP contribution in [0.5, 0.6) is 0 Å². The van der Waals surface area contributed by atoms with Gasteiger partial charge < -0.3 is 11.1 Å². The van der Waals surface area contributed by atoms with E-state index < -0.39 is 0 Å². The maximum Gasteiger partial charge on any atom is 0.221 e. The first-order valence-corrected chi connectivity index (χ1v) is 5.88. The highest BCUT2D eigenvalue weighted by Gasteiger charge is 2.44. The second-order valence-corrected chi connectivity index (χ2v) is 4.92. The third-order valence-corrected chi connectivity index (χ3v) is 3.91. The monoisotopic (exact) mass is 211 g/mol. The van der Waals surface area contributed by atoms with E-state index in [0.29, 0.717) is 13.0 Å². The van der Waals surface area contributed by atoms with Gasteiger partial charge in [-0.1, -0.05) is 0 Å². The molecule has 0 aromatic rings. The first-order valence-electron chi connectivity index (χ1n) is 5.88. The Labute approximate surface area is 91.2 Å². The predicted molar refractivity (Wildman–Crippen MR) is 59.4 cm³/mol. The summed E-state index contributed by atoms with van der Waals surface area (Å²) in [6.07, 6.45) is 3.21. The van der Waals surface area contributed by atoms with Gasteiger partial charge in [-0.05, 0) is 25.7 Å². The Morgan fingerprint density at radius 1 is 1.53 bits per heavy atom. The fraction of sp³-hybridized carbons (Fsp3) is 0.909. The summed E-state index contributed by atoms with van der Waals surface area (Å²) >= 11 is 0. The minimum atomic E-state index is 0.117. The van der Waals surface area contributed by atoms with Crippen LogP contribution >= 0.6 is 0 Å². The standard InChI is InChI=1S/C11H21N3O/c1-11(8-12,9-2-3-9)14-6-4-10(15)13-5-7-14/h9H,2-8,12H2,1H3,(H,13,15). The molecule has 2 rings (SSSR count). The lowest BCUT2D eigenvalue weighted by atomic mass is 9.93. The summed E-state index contributed by atoms with van der Waals surface area (Å²) in [6.45, 7) is 5.51. The molecule has 2 fully saturated rings. The number of nitrogens with zero attached hydrogens (tertiary/aromatic N) is 1. The van der Waals surface area contributed by atoms with Gasteiger partial charge in [0.15, 0.2) is 0 Å². The van der Waals surface area contributed by atoms with Crippen molar-refractivity contribution < 1.29 is 4.79 Å². The average Bonchev–Trinajstić information content (AvgIpc) is 3.03. The quantitative estimate of drug-likeness (QED) is 0.687. The molecule has 0 radical (unpaired) electrons. The Morgan fingerprint density at radius 3 is 2.87 bits per heavy atom. The van der Waals surface area contributed by atoms with Crippen molar-refractivity contribution in [3.8, 4) is 0 Å². The van der Waals surface area contributed by atoms with Crippen LogP contribution in [0, 0.1) is 5.92 Å². The highest BCUT2D eigenvalue weighted by atomic mass is 16.1. The second-order valence-electron chi connectivity index (χ2n) is 4.92. The van der Waals surface area contributed by atoms with Gasteiger partial charge in [-0.3, -0.25) is 9.69 Å². The Balaban J connectivity index is 2.03. The van der Waals surface area contributed by atoms with Gasteiger partial charge in [-0.15, -0.1) is 0 Å². The zero-order chi connectivity index (χ0) is 10.9. The lowest BCUT2D eigenvalue weighted by Gasteiger charge is -2.40. The molecule has 1 saturated heterocycles. The fourth-order valence-corrected chi connectivity index (χ4v) is 2.54. The van der Waals surface area contributed by atoms with Crippen LogP contribution in [0.3, 0.4) is 0 Å². The molecule has 0 spiro atoms. The van der Waals surface area contributed by atoms with Crippen LogP contribution in [0.25, 0.3) is 0 Å². The van der Waals surface area contributed by atoms with Crippen LogP contribution in [-0.4, -0.2) is 42.5 Å². The summed E-state index contributed by atoms with van der Waals surface area (Å²) < 4.78 is 0. The van der Waals surface area contributed by atoms with Crippen LogP contribution in [0.2, 0.25) is 0 Å². The molecule has 0 bridgehead atoms. The number of hydrogen-bond donors (Lipinski definition) is 2. The van der Waals surface area contributed by atoms with Crippen molar-refractivity contribution in [3.05, 3.63) is 0 Å². The van der Waals surface area contributed by atoms with E-state index in [9.17, 15) is 4.79 Å². The zero-order valence-electron chi connectivity index (χ0n) is 9.46. The highest BCUT2D eigenvalue weighted by Crippen LogP contribution is 2.42. The Kier molecular flexibility index (Phi) is 2.98. The maximum absolute atomic E-state index is 11.3. The van der Waals surface area contributed by atoms with Crippen LogP contribution < -0.4 is 11.1 Å². The van der Waals surface area contributed by atoms with Crippen LogP contribution in [0.1, 0.15) is 26.2 Å². The molecule has 1 atom stereocenters. The van der Waals surface area contributed by atoms with Gasteiger partial charge in [0.05, 0.1) is 0 Å². The van der Waals surface area contributed by atoms with Crippen molar-refractivity contribution in [2.24, 2.45) is 11.7 Å². The minimum Gasteiger partial charge on any atom is -0.355 e. The number of carbonyl (C=O) groups excluding carboxylic acids is 1. The van der Waals surface area contributed by atoms with Gasteiger partial charge in [-0.25, -0.2) is 0 Å². The molecular weight excluding hydrogens is 190 g/mol. The molecule has 86 valence electrons. The summed E-state index contributed by atoms with van der Waals surface area (Å²) in [5.74, 6) is 0.920. The van der Waals surface area contributed by atoms with E-state index >= 15 is 0 Å². The van der Waals surface area contributed by atoms with Crippen molar-refractivity contribution in [3.63, 3.8) is 0 Å². The second kappa shape index (κ2) is 4.10. The first-order chi connectivity index (χ1) is 7.16. The van der Waals surface area contributed by atoms with Gasteiger partial charge in [0, 0.05) is 38.1 Å². The number of nitrogens with two attached hydrogens (primary N) is 1. The number of carbonyl (C=O) groups is 1. The summed E-state index contributed by atoms with van der Waals surface area (Å²) in [7, 11) is 0. The molecular formula is C11H21N3O. The van der Waals surface area contributed by atoms with Gasteiger partial charge in [-0.2, -0.15) is 0 Å². The molecule has 3 N–H and O–H groups in total. The van der Waals surface area contributed by atoms with E-state index in [1.165, 1.54) is 12.8 Å². The van der Waals surface area contributed by atoms with Crippen molar-refractivity contribution in [1.82, 2.24) is 10.2 Å². The van der Waals surface area contributed by atoms with Crippen LogP contribution in [0.4, 0.5) is 0 Å². The van der Waals surface area contributed by atoms with Crippen molar-refractivity contribution >= 4 is 5.91 Å². The molecule has 15 heavy (non-hydrogen) atoms. The third-order valence-electron chi connectivity index (χ3n) is 3.91. The molecule has 1 heterocycles. The molecule has 1 aliphatic heterocycles. The first kappa shape index (κ1) is 10.9. The van der Waals surface area contributed by atoms with E-state index in [0.717, 1.165) is 25.6 Å². The Morgan fingerprint density at radius 2 is 2.27 bits per heavy atom. The summed E-state index contributed by atoms with van der Waals surface area (Å²) in [6, 6.07) is 0. The molecule has 1 amide bonds. The number of hydrogen-bond acceptors (Lipinski definition) is 3. The largest absolute Gasteiger partial charge is 0.355 e. The van der Waals surface area contributed by atoms with E-state index in [2.05, 4.69) is 17.1 Å². The van der Waals surface area contributed by atoms with E-state index in [-0.39, 0.29) is 11.4 Å². The van der Waals surface area contributed by atoms with E-state index in [1.807, 2.05) is 0 Å². The lowest BCUT2D eigenvalue weighted by Crippen LogP contribution is -2.54. The van der Waals surface area contributed by atoms with Gasteiger partial charge in [0.25, 0.3) is 0 Å². The van der Waals surface area contributed by atoms with Crippen molar-refractivity contribution in [2.75, 3.05) is 26.2 Å². The van der Waals surface area contributed by atoms with Crippen molar-refractivity contribution in [1.29, 1.82) is 0 Å². The smallest absolute Gasteiger partial charge is 0.221 e. The lowest BCUT2D eigenvalue weighted by molar-refractivity contribution is -0.120. The zero-order valence-corrected chi connectivity index (χ0v) is 9.46. The van der Waals surface area contributed by atoms with Crippen molar-refractivity contribution in [2.45, 2.75) is 31.7 Å². The molecule has 1 unspecified atom stereocenters. The Hall–Kier alpha value is -0.610. The normalized spacial score (nSPS) is 28.0. The molecule has 0 aromatic carbocycles. The number of amides is 1. The molecule has 2 aliphatic rings. The van der Waals surface area contributed by atoms with Gasteiger partial charge >= 0.3 is 0 Å². The SMILES string of the molecule is CC(CN)(C1CC1)N1CCNC(=O)CC1. The fourth-order valence-electron chi connectivity index (χ4n) is 2.54. The molecule has 1 aliphatic carbocycles. The molecule has 4 heteroatoms. The number of rotatable bonds is 3. The van der Waals surface area contributed by atoms with E-state index in [1.54, 1.807) is 0 Å². The summed E-state index contributed by atoms with van der Waals surface area (Å²) in [4.78, 5) is 13.7. The highest BCUT2D eigenvalue weighted by molar-refractivity contribution is 5.76. The topological polar surface area (TPSA) is 58.4 Å². The van der Waals surface area contributed by atoms with Gasteiger partial charge in [0.1, 0.15) is 0 Å². The third kappa shape index (κ3) is 2.16.